The zero-order valence-electron chi connectivity index (χ0n) is 6.21. The molecule has 0 aliphatic carbocycles. The van der Waals surface area contributed by atoms with Gasteiger partial charge in [-0.1, -0.05) is 0 Å². The first-order valence-electron chi connectivity index (χ1n) is 3.04. The lowest BCUT2D eigenvalue weighted by molar-refractivity contribution is -0.384. The third-order valence-corrected chi connectivity index (χ3v) is 1.33. The molecule has 0 aromatic carbocycles. The van der Waals surface area contributed by atoms with Crippen molar-refractivity contribution in [2.45, 2.75) is 6.92 Å². The van der Waals surface area contributed by atoms with E-state index in [-0.39, 0.29) is 11.5 Å². The summed E-state index contributed by atoms with van der Waals surface area (Å²) in [5.41, 5.74) is 0.465. The van der Waals surface area contributed by atoms with Crippen molar-refractivity contribution in [2.75, 3.05) is 12.4 Å². The highest BCUT2D eigenvalue weighted by atomic mass is 16.6. The maximum Gasteiger partial charge on any atom is 0.333 e. The van der Waals surface area contributed by atoms with Gasteiger partial charge < -0.3 is 5.32 Å². The minimum Gasteiger partial charge on any atom is -0.366 e. The predicted octanol–water partition coefficient (Wildman–Crippen LogP) is 0.668. The maximum absolute atomic E-state index is 10.4. The number of anilines is 1. The molecule has 0 aliphatic heterocycles. The van der Waals surface area contributed by atoms with E-state index in [2.05, 4.69) is 15.5 Å². The Labute approximate surface area is 62.8 Å². The molecule has 0 spiro atoms. The van der Waals surface area contributed by atoms with Gasteiger partial charge in [-0.3, -0.25) is 15.2 Å². The molecule has 2 N–H and O–H groups in total. The quantitative estimate of drug-likeness (QED) is 0.486. The van der Waals surface area contributed by atoms with Crippen LogP contribution in [0.1, 0.15) is 5.69 Å². The SMILES string of the molecule is CNc1n[nH]c(C)c1[N+](=O)[O-]. The van der Waals surface area contributed by atoms with Crippen LogP contribution in [0, 0.1) is 17.0 Å². The van der Waals surface area contributed by atoms with E-state index < -0.39 is 4.92 Å². The first-order chi connectivity index (χ1) is 5.16. The summed E-state index contributed by atoms with van der Waals surface area (Å²) in [6, 6.07) is 0. The molecule has 0 saturated heterocycles. The summed E-state index contributed by atoms with van der Waals surface area (Å²) < 4.78 is 0. The second kappa shape index (κ2) is 2.57. The molecule has 1 aromatic rings. The van der Waals surface area contributed by atoms with E-state index >= 15 is 0 Å². The zero-order valence-corrected chi connectivity index (χ0v) is 6.21. The van der Waals surface area contributed by atoms with Crippen LogP contribution in [-0.4, -0.2) is 22.2 Å². The highest BCUT2D eigenvalue weighted by molar-refractivity contribution is 5.57. The zero-order chi connectivity index (χ0) is 8.43. The molecule has 1 heterocycles. The summed E-state index contributed by atoms with van der Waals surface area (Å²) in [5, 5.41) is 19.2. The van der Waals surface area contributed by atoms with Gasteiger partial charge in [0, 0.05) is 7.05 Å². The topological polar surface area (TPSA) is 83.8 Å². The van der Waals surface area contributed by atoms with Crippen LogP contribution in [0.15, 0.2) is 0 Å². The third kappa shape index (κ3) is 1.14. The lowest BCUT2D eigenvalue weighted by Gasteiger charge is -1.91. The number of rotatable bonds is 2. The monoisotopic (exact) mass is 156 g/mol. The average molecular weight is 156 g/mol. The number of aromatic nitrogens is 2. The highest BCUT2D eigenvalue weighted by Crippen LogP contribution is 2.23. The molecule has 1 rings (SSSR count). The van der Waals surface area contributed by atoms with E-state index in [4.69, 9.17) is 0 Å². The van der Waals surface area contributed by atoms with Gasteiger partial charge in [0.1, 0.15) is 5.69 Å². The van der Waals surface area contributed by atoms with Gasteiger partial charge in [-0.15, -0.1) is 0 Å². The molecule has 0 atom stereocenters. The van der Waals surface area contributed by atoms with Crippen LogP contribution >= 0.6 is 0 Å². The molecular formula is C5H8N4O2. The van der Waals surface area contributed by atoms with Gasteiger partial charge in [0.25, 0.3) is 0 Å². The Bertz CT molecular complexity index is 280. The summed E-state index contributed by atoms with van der Waals surface area (Å²) in [5.74, 6) is 0.271. The minimum atomic E-state index is -0.468. The Morgan fingerprint density at radius 3 is 2.73 bits per heavy atom. The molecule has 11 heavy (non-hydrogen) atoms. The van der Waals surface area contributed by atoms with E-state index in [0.29, 0.717) is 5.69 Å². The highest BCUT2D eigenvalue weighted by Gasteiger charge is 2.19. The number of H-pyrrole nitrogens is 1. The Balaban J connectivity index is 3.17. The number of nitrogens with zero attached hydrogens (tertiary/aromatic N) is 2. The average Bonchev–Trinajstić information content (AvgIpc) is 2.30. The molecule has 0 unspecified atom stereocenters. The smallest absolute Gasteiger partial charge is 0.333 e. The fraction of sp³-hybridized carbons (Fsp3) is 0.400. The summed E-state index contributed by atoms with van der Waals surface area (Å²) in [6.45, 7) is 1.60. The molecule has 0 aliphatic rings. The van der Waals surface area contributed by atoms with Crippen LogP contribution in [0.25, 0.3) is 0 Å². The molecule has 0 radical (unpaired) electrons. The van der Waals surface area contributed by atoms with E-state index in [1.807, 2.05) is 0 Å². The molecule has 60 valence electrons. The van der Waals surface area contributed by atoms with Crippen molar-refractivity contribution in [1.82, 2.24) is 10.2 Å². The van der Waals surface area contributed by atoms with E-state index in [1.54, 1.807) is 14.0 Å². The summed E-state index contributed by atoms with van der Waals surface area (Å²) in [4.78, 5) is 9.90. The standard InChI is InChI=1S/C5H8N4O2/c1-3-4(9(10)11)5(6-2)8-7-3/h1-2H3,(H2,6,7,8). The van der Waals surface area contributed by atoms with Gasteiger partial charge >= 0.3 is 5.69 Å². The van der Waals surface area contributed by atoms with Crippen molar-refractivity contribution in [3.8, 4) is 0 Å². The van der Waals surface area contributed by atoms with Gasteiger partial charge in [-0.25, -0.2) is 0 Å². The molecular weight excluding hydrogens is 148 g/mol. The molecule has 6 heteroatoms. The second-order valence-electron chi connectivity index (χ2n) is 2.05. The lowest BCUT2D eigenvalue weighted by Crippen LogP contribution is -1.94. The van der Waals surface area contributed by atoms with Crippen molar-refractivity contribution in [3.63, 3.8) is 0 Å². The normalized spacial score (nSPS) is 9.64. The van der Waals surface area contributed by atoms with Crippen LogP contribution < -0.4 is 5.32 Å². The van der Waals surface area contributed by atoms with Crippen molar-refractivity contribution in [1.29, 1.82) is 0 Å². The van der Waals surface area contributed by atoms with Gasteiger partial charge in [0.2, 0.25) is 5.82 Å². The van der Waals surface area contributed by atoms with E-state index in [1.165, 1.54) is 0 Å². The summed E-state index contributed by atoms with van der Waals surface area (Å²) in [6.07, 6.45) is 0. The van der Waals surface area contributed by atoms with Gasteiger partial charge in [0.15, 0.2) is 0 Å². The Kier molecular flexibility index (Phi) is 1.75. The minimum absolute atomic E-state index is 0.00694. The first-order valence-corrected chi connectivity index (χ1v) is 3.04. The number of nitrogens with one attached hydrogen (secondary N) is 2. The summed E-state index contributed by atoms with van der Waals surface area (Å²) in [7, 11) is 1.59. The predicted molar refractivity (Wildman–Crippen MR) is 39.5 cm³/mol. The van der Waals surface area contributed by atoms with Crippen LogP contribution in [0.4, 0.5) is 11.5 Å². The van der Waals surface area contributed by atoms with E-state index in [0.717, 1.165) is 0 Å². The maximum atomic E-state index is 10.4. The number of aryl methyl sites for hydroxylation is 1. The Morgan fingerprint density at radius 2 is 2.36 bits per heavy atom. The molecule has 0 fully saturated rings. The lowest BCUT2D eigenvalue weighted by atomic mass is 10.4. The van der Waals surface area contributed by atoms with E-state index in [9.17, 15) is 10.1 Å². The van der Waals surface area contributed by atoms with Gasteiger partial charge in [0.05, 0.1) is 4.92 Å². The van der Waals surface area contributed by atoms with Crippen LogP contribution in [0.5, 0.6) is 0 Å². The number of nitro groups is 1. The van der Waals surface area contributed by atoms with Crippen LogP contribution in [0.3, 0.4) is 0 Å². The largest absolute Gasteiger partial charge is 0.366 e. The van der Waals surface area contributed by atoms with Crippen molar-refractivity contribution in [3.05, 3.63) is 15.8 Å². The summed E-state index contributed by atoms with van der Waals surface area (Å²) >= 11 is 0. The van der Waals surface area contributed by atoms with Crippen molar-refractivity contribution < 1.29 is 4.92 Å². The number of aromatic amines is 1. The molecule has 0 bridgehead atoms. The van der Waals surface area contributed by atoms with Crippen molar-refractivity contribution >= 4 is 11.5 Å². The number of hydrogen-bond acceptors (Lipinski definition) is 4. The first kappa shape index (κ1) is 7.52. The third-order valence-electron chi connectivity index (χ3n) is 1.33. The number of hydrogen-bond donors (Lipinski definition) is 2. The van der Waals surface area contributed by atoms with Crippen molar-refractivity contribution in [2.24, 2.45) is 0 Å². The molecule has 6 nitrogen and oxygen atoms in total. The molecule has 1 aromatic heterocycles. The second-order valence-corrected chi connectivity index (χ2v) is 2.05. The molecule has 0 saturated carbocycles. The Hall–Kier alpha value is -1.59. The Morgan fingerprint density at radius 1 is 1.73 bits per heavy atom. The van der Waals surface area contributed by atoms with Gasteiger partial charge in [-0.2, -0.15) is 5.10 Å². The fourth-order valence-corrected chi connectivity index (χ4v) is 0.821. The fourth-order valence-electron chi connectivity index (χ4n) is 0.821. The van der Waals surface area contributed by atoms with Crippen LogP contribution in [-0.2, 0) is 0 Å². The van der Waals surface area contributed by atoms with Gasteiger partial charge in [-0.05, 0) is 6.92 Å². The molecule has 0 amide bonds. The van der Waals surface area contributed by atoms with Crippen LogP contribution in [0.2, 0.25) is 0 Å².